The molecule has 3 rings (SSSR count). The number of nitrogen functional groups attached to an aromatic ring is 1. The zero-order valence-corrected chi connectivity index (χ0v) is 9.96. The summed E-state index contributed by atoms with van der Waals surface area (Å²) in [4.78, 5) is 4.32. The van der Waals surface area contributed by atoms with Crippen LogP contribution in [0.1, 0.15) is 0 Å². The van der Waals surface area contributed by atoms with Gasteiger partial charge in [-0.3, -0.25) is 5.10 Å². The molecule has 0 saturated heterocycles. The summed E-state index contributed by atoms with van der Waals surface area (Å²) in [7, 11) is 1.93. The minimum Gasteiger partial charge on any atom is -0.382 e. The maximum absolute atomic E-state index is 5.94. The molecule has 0 unspecified atom stereocenters. The molecular weight excluding hydrogens is 226 g/mol. The van der Waals surface area contributed by atoms with Crippen LogP contribution in [0.3, 0.4) is 0 Å². The summed E-state index contributed by atoms with van der Waals surface area (Å²) < 4.78 is 1.89. The number of anilines is 1. The third kappa shape index (κ3) is 1.66. The van der Waals surface area contributed by atoms with Gasteiger partial charge in [0.15, 0.2) is 5.82 Å². The van der Waals surface area contributed by atoms with Gasteiger partial charge in [-0.25, -0.2) is 4.98 Å². The third-order valence-electron chi connectivity index (χ3n) is 2.82. The fraction of sp³-hybridized carbons (Fsp3) is 0.0769. The molecular formula is C13H13N5. The number of aromatic nitrogens is 4. The van der Waals surface area contributed by atoms with E-state index < -0.39 is 0 Å². The smallest absolute Gasteiger partial charge is 0.153 e. The molecule has 0 radical (unpaired) electrons. The number of nitrogens with zero attached hydrogens (tertiary/aromatic N) is 3. The van der Waals surface area contributed by atoms with E-state index in [1.165, 1.54) is 0 Å². The molecule has 1 aromatic carbocycles. The molecule has 0 bridgehead atoms. The van der Waals surface area contributed by atoms with E-state index in [0.717, 1.165) is 22.5 Å². The summed E-state index contributed by atoms with van der Waals surface area (Å²) in [6, 6.07) is 9.94. The number of aromatic amines is 1. The van der Waals surface area contributed by atoms with Crippen molar-refractivity contribution in [2.45, 2.75) is 0 Å². The number of nitrogens with one attached hydrogen (secondary N) is 1. The molecule has 2 aromatic heterocycles. The molecule has 5 heteroatoms. The number of imidazole rings is 1. The minimum absolute atomic E-state index is 0.488. The topological polar surface area (TPSA) is 72.5 Å². The van der Waals surface area contributed by atoms with Crippen LogP contribution in [-0.2, 0) is 7.05 Å². The van der Waals surface area contributed by atoms with Gasteiger partial charge in [-0.2, -0.15) is 5.10 Å². The van der Waals surface area contributed by atoms with E-state index in [1.807, 2.05) is 48.1 Å². The third-order valence-corrected chi connectivity index (χ3v) is 2.82. The second-order valence-corrected chi connectivity index (χ2v) is 4.15. The zero-order chi connectivity index (χ0) is 12.5. The summed E-state index contributed by atoms with van der Waals surface area (Å²) in [5.74, 6) is 0.488. The van der Waals surface area contributed by atoms with Crippen LogP contribution in [0.25, 0.3) is 22.5 Å². The van der Waals surface area contributed by atoms with E-state index in [4.69, 9.17) is 5.73 Å². The van der Waals surface area contributed by atoms with Crippen molar-refractivity contribution in [3.8, 4) is 22.5 Å². The van der Waals surface area contributed by atoms with Gasteiger partial charge in [-0.05, 0) is 5.56 Å². The van der Waals surface area contributed by atoms with Crippen LogP contribution >= 0.6 is 0 Å². The van der Waals surface area contributed by atoms with Gasteiger partial charge in [-0.1, -0.05) is 30.3 Å². The number of benzene rings is 1. The first-order valence-electron chi connectivity index (χ1n) is 5.63. The second-order valence-electron chi connectivity index (χ2n) is 4.15. The Morgan fingerprint density at radius 1 is 1.22 bits per heavy atom. The highest BCUT2D eigenvalue weighted by atomic mass is 15.2. The second kappa shape index (κ2) is 4.03. The van der Waals surface area contributed by atoms with Crippen molar-refractivity contribution in [1.82, 2.24) is 19.7 Å². The van der Waals surface area contributed by atoms with Crippen molar-refractivity contribution in [2.75, 3.05) is 5.73 Å². The predicted molar refractivity (Wildman–Crippen MR) is 70.6 cm³/mol. The number of H-pyrrole nitrogens is 1. The molecule has 18 heavy (non-hydrogen) atoms. The molecule has 0 fully saturated rings. The molecule has 0 aliphatic rings. The number of hydrogen-bond acceptors (Lipinski definition) is 3. The van der Waals surface area contributed by atoms with E-state index in [0.29, 0.717) is 5.82 Å². The molecule has 2 heterocycles. The Morgan fingerprint density at radius 2 is 2.00 bits per heavy atom. The molecule has 0 spiro atoms. The fourth-order valence-electron chi connectivity index (χ4n) is 1.98. The van der Waals surface area contributed by atoms with Gasteiger partial charge in [0.1, 0.15) is 5.69 Å². The lowest BCUT2D eigenvalue weighted by atomic mass is 10.0. The highest BCUT2D eigenvalue weighted by Crippen LogP contribution is 2.33. The monoisotopic (exact) mass is 239 g/mol. The summed E-state index contributed by atoms with van der Waals surface area (Å²) in [6.45, 7) is 0. The van der Waals surface area contributed by atoms with Crippen LogP contribution in [0.4, 0.5) is 5.82 Å². The Labute approximate surface area is 104 Å². The molecule has 3 N–H and O–H groups in total. The van der Waals surface area contributed by atoms with E-state index in [2.05, 4.69) is 15.2 Å². The number of aryl methyl sites for hydroxylation is 1. The van der Waals surface area contributed by atoms with Gasteiger partial charge < -0.3 is 10.3 Å². The molecule has 0 atom stereocenters. The Kier molecular flexibility index (Phi) is 2.37. The molecule has 0 aliphatic carbocycles. The first-order chi connectivity index (χ1) is 8.75. The van der Waals surface area contributed by atoms with Gasteiger partial charge in [-0.15, -0.1) is 0 Å². The molecule has 5 nitrogen and oxygen atoms in total. The maximum atomic E-state index is 5.94. The highest BCUT2D eigenvalue weighted by molar-refractivity contribution is 5.86. The largest absolute Gasteiger partial charge is 0.382 e. The van der Waals surface area contributed by atoms with Crippen molar-refractivity contribution in [3.63, 3.8) is 0 Å². The fourth-order valence-corrected chi connectivity index (χ4v) is 1.98. The lowest BCUT2D eigenvalue weighted by molar-refractivity contribution is 0.913. The Hall–Kier alpha value is -2.56. The van der Waals surface area contributed by atoms with E-state index in [1.54, 1.807) is 6.33 Å². The van der Waals surface area contributed by atoms with Crippen LogP contribution in [0.15, 0.2) is 42.9 Å². The average molecular weight is 239 g/mol. The normalized spacial score (nSPS) is 10.7. The van der Waals surface area contributed by atoms with E-state index in [9.17, 15) is 0 Å². The lowest BCUT2D eigenvalue weighted by Crippen LogP contribution is -1.88. The van der Waals surface area contributed by atoms with Gasteiger partial charge in [0.05, 0.1) is 17.6 Å². The molecule has 3 aromatic rings. The van der Waals surface area contributed by atoms with Crippen molar-refractivity contribution < 1.29 is 0 Å². The Bertz CT molecular complexity index is 666. The van der Waals surface area contributed by atoms with Crippen LogP contribution in [0, 0.1) is 0 Å². The standard InChI is InChI=1S/C13H13N5/c1-18-7-10(15-8-18)12-11(13(14)17-16-12)9-5-3-2-4-6-9/h2-8H,1H3,(H3,14,16,17). The van der Waals surface area contributed by atoms with Crippen LogP contribution < -0.4 is 5.73 Å². The highest BCUT2D eigenvalue weighted by Gasteiger charge is 2.15. The summed E-state index contributed by atoms with van der Waals surface area (Å²) >= 11 is 0. The maximum Gasteiger partial charge on any atom is 0.153 e. The van der Waals surface area contributed by atoms with Gasteiger partial charge in [0.25, 0.3) is 0 Å². The predicted octanol–water partition coefficient (Wildman–Crippen LogP) is 2.06. The van der Waals surface area contributed by atoms with Gasteiger partial charge >= 0.3 is 0 Å². The molecule has 90 valence electrons. The SMILES string of the molecule is Cn1cnc(-c2[nH]nc(N)c2-c2ccccc2)c1. The van der Waals surface area contributed by atoms with Crippen molar-refractivity contribution in [3.05, 3.63) is 42.9 Å². The average Bonchev–Trinajstić information content (AvgIpc) is 2.96. The lowest BCUT2D eigenvalue weighted by Gasteiger charge is -2.01. The number of rotatable bonds is 2. The van der Waals surface area contributed by atoms with E-state index in [-0.39, 0.29) is 0 Å². The summed E-state index contributed by atoms with van der Waals surface area (Å²) in [6.07, 6.45) is 3.68. The van der Waals surface area contributed by atoms with E-state index >= 15 is 0 Å². The number of hydrogen-bond donors (Lipinski definition) is 2. The Balaban J connectivity index is 2.18. The van der Waals surface area contributed by atoms with Crippen LogP contribution in [-0.4, -0.2) is 19.7 Å². The first-order valence-corrected chi connectivity index (χ1v) is 5.63. The van der Waals surface area contributed by atoms with Gasteiger partial charge in [0, 0.05) is 13.2 Å². The minimum atomic E-state index is 0.488. The quantitative estimate of drug-likeness (QED) is 0.719. The van der Waals surface area contributed by atoms with Crippen molar-refractivity contribution in [1.29, 1.82) is 0 Å². The first kappa shape index (κ1) is 10.6. The molecule has 0 aliphatic heterocycles. The molecule has 0 amide bonds. The zero-order valence-electron chi connectivity index (χ0n) is 9.96. The van der Waals surface area contributed by atoms with Crippen molar-refractivity contribution >= 4 is 5.82 Å². The summed E-state index contributed by atoms with van der Waals surface area (Å²) in [5, 5.41) is 7.03. The molecule has 0 saturated carbocycles. The summed E-state index contributed by atoms with van der Waals surface area (Å²) in [5.41, 5.74) is 9.55. The number of nitrogens with two attached hydrogens (primary N) is 1. The van der Waals surface area contributed by atoms with Crippen molar-refractivity contribution in [2.24, 2.45) is 7.05 Å². The van der Waals surface area contributed by atoms with Crippen LogP contribution in [0.2, 0.25) is 0 Å². The van der Waals surface area contributed by atoms with Gasteiger partial charge in [0.2, 0.25) is 0 Å². The van der Waals surface area contributed by atoms with Crippen LogP contribution in [0.5, 0.6) is 0 Å². The Morgan fingerprint density at radius 3 is 2.67 bits per heavy atom.